The van der Waals surface area contributed by atoms with E-state index in [2.05, 4.69) is 10.3 Å². The van der Waals surface area contributed by atoms with E-state index in [4.69, 9.17) is 4.42 Å². The zero-order valence-corrected chi connectivity index (χ0v) is 16.1. The SMILES string of the molecule is Cc1ccc(S(=O)(=O)c2nc(-c3ccccc3C)oc2NC(C)C)cc1. The number of sulfone groups is 1. The highest BCUT2D eigenvalue weighted by molar-refractivity contribution is 7.91. The number of hydrogen-bond acceptors (Lipinski definition) is 5. The molecule has 0 fully saturated rings. The molecule has 3 aromatic rings. The molecule has 0 atom stereocenters. The number of anilines is 1. The number of hydrogen-bond donors (Lipinski definition) is 1. The molecular weight excluding hydrogens is 348 g/mol. The molecule has 0 radical (unpaired) electrons. The molecule has 2 aromatic carbocycles. The van der Waals surface area contributed by atoms with Crippen LogP contribution in [0.4, 0.5) is 5.88 Å². The number of oxazole rings is 1. The summed E-state index contributed by atoms with van der Waals surface area (Å²) >= 11 is 0. The Morgan fingerprint density at radius 1 is 1.00 bits per heavy atom. The maximum atomic E-state index is 13.1. The van der Waals surface area contributed by atoms with Crippen LogP contribution in [-0.2, 0) is 9.84 Å². The summed E-state index contributed by atoms with van der Waals surface area (Å²) in [5, 5.41) is 2.97. The van der Waals surface area contributed by atoms with E-state index in [0.29, 0.717) is 0 Å². The average molecular weight is 370 g/mol. The van der Waals surface area contributed by atoms with Crippen LogP contribution in [0.5, 0.6) is 0 Å². The van der Waals surface area contributed by atoms with E-state index < -0.39 is 9.84 Å². The summed E-state index contributed by atoms with van der Waals surface area (Å²) in [7, 11) is -3.80. The van der Waals surface area contributed by atoms with E-state index in [1.165, 1.54) is 0 Å². The van der Waals surface area contributed by atoms with Gasteiger partial charge in [0.1, 0.15) is 0 Å². The van der Waals surface area contributed by atoms with Crippen LogP contribution in [0.3, 0.4) is 0 Å². The average Bonchev–Trinajstić information content (AvgIpc) is 2.99. The van der Waals surface area contributed by atoms with Crippen molar-refractivity contribution >= 4 is 15.7 Å². The van der Waals surface area contributed by atoms with Crippen LogP contribution < -0.4 is 5.32 Å². The minimum Gasteiger partial charge on any atom is -0.419 e. The summed E-state index contributed by atoms with van der Waals surface area (Å²) in [6.07, 6.45) is 0. The molecule has 3 rings (SSSR count). The molecule has 1 aromatic heterocycles. The second-order valence-electron chi connectivity index (χ2n) is 6.58. The van der Waals surface area contributed by atoms with E-state index in [1.807, 2.05) is 52.0 Å². The topological polar surface area (TPSA) is 72.2 Å². The second kappa shape index (κ2) is 6.96. The number of aromatic nitrogens is 1. The van der Waals surface area contributed by atoms with Crippen LogP contribution in [-0.4, -0.2) is 19.4 Å². The zero-order chi connectivity index (χ0) is 18.9. The Morgan fingerprint density at radius 2 is 1.65 bits per heavy atom. The Labute approximate surface area is 154 Å². The Morgan fingerprint density at radius 3 is 2.27 bits per heavy atom. The maximum absolute atomic E-state index is 13.1. The van der Waals surface area contributed by atoms with Gasteiger partial charge in [-0.3, -0.25) is 0 Å². The van der Waals surface area contributed by atoms with E-state index in [0.717, 1.165) is 16.7 Å². The Hall–Kier alpha value is -2.60. The van der Waals surface area contributed by atoms with Gasteiger partial charge in [-0.2, -0.15) is 4.98 Å². The molecule has 0 aliphatic rings. The third-order valence-electron chi connectivity index (χ3n) is 3.98. The minimum atomic E-state index is -3.80. The highest BCUT2D eigenvalue weighted by Crippen LogP contribution is 2.33. The zero-order valence-electron chi connectivity index (χ0n) is 15.3. The molecule has 0 unspecified atom stereocenters. The molecule has 1 heterocycles. The number of nitrogens with one attached hydrogen (secondary N) is 1. The normalized spacial score (nSPS) is 11.7. The molecule has 0 aliphatic heterocycles. The predicted octanol–water partition coefficient (Wildman–Crippen LogP) is 4.61. The summed E-state index contributed by atoms with van der Waals surface area (Å²) in [5.41, 5.74) is 2.72. The summed E-state index contributed by atoms with van der Waals surface area (Å²) in [6, 6.07) is 14.3. The first-order valence-electron chi connectivity index (χ1n) is 8.44. The fourth-order valence-electron chi connectivity index (χ4n) is 2.60. The largest absolute Gasteiger partial charge is 0.419 e. The molecule has 6 heteroatoms. The van der Waals surface area contributed by atoms with Crippen molar-refractivity contribution in [2.24, 2.45) is 0 Å². The molecular formula is C20H22N2O3S. The van der Waals surface area contributed by atoms with Crippen LogP contribution in [0.25, 0.3) is 11.5 Å². The molecule has 1 N–H and O–H groups in total. The van der Waals surface area contributed by atoms with Crippen molar-refractivity contribution in [3.05, 3.63) is 59.7 Å². The molecule has 136 valence electrons. The van der Waals surface area contributed by atoms with Crippen LogP contribution in [0.15, 0.2) is 62.9 Å². The van der Waals surface area contributed by atoms with Gasteiger partial charge in [0.05, 0.1) is 4.90 Å². The lowest BCUT2D eigenvalue weighted by molar-refractivity contribution is 0.571. The van der Waals surface area contributed by atoms with Gasteiger partial charge in [0.25, 0.3) is 0 Å². The number of benzene rings is 2. The first-order valence-corrected chi connectivity index (χ1v) is 9.92. The molecule has 5 nitrogen and oxygen atoms in total. The van der Waals surface area contributed by atoms with E-state index >= 15 is 0 Å². The van der Waals surface area contributed by atoms with Crippen LogP contribution in [0, 0.1) is 13.8 Å². The number of nitrogens with zero attached hydrogens (tertiary/aromatic N) is 1. The van der Waals surface area contributed by atoms with Gasteiger partial charge in [-0.05, 0) is 51.5 Å². The second-order valence-corrected chi connectivity index (χ2v) is 8.45. The third kappa shape index (κ3) is 3.51. The number of rotatable bonds is 5. The van der Waals surface area contributed by atoms with E-state index in [-0.39, 0.29) is 27.7 Å². The molecule has 0 bridgehead atoms. The smallest absolute Gasteiger partial charge is 0.234 e. The van der Waals surface area contributed by atoms with Gasteiger partial charge in [-0.15, -0.1) is 0 Å². The van der Waals surface area contributed by atoms with Gasteiger partial charge in [0.15, 0.2) is 0 Å². The lowest BCUT2D eigenvalue weighted by atomic mass is 10.1. The molecule has 26 heavy (non-hydrogen) atoms. The van der Waals surface area contributed by atoms with Crippen molar-refractivity contribution < 1.29 is 12.8 Å². The lowest BCUT2D eigenvalue weighted by Crippen LogP contribution is -2.13. The quantitative estimate of drug-likeness (QED) is 0.710. The maximum Gasteiger partial charge on any atom is 0.234 e. The van der Waals surface area contributed by atoms with Crippen molar-refractivity contribution in [2.45, 2.75) is 43.7 Å². The summed E-state index contributed by atoms with van der Waals surface area (Å²) < 4.78 is 32.1. The first kappa shape index (κ1) is 18.2. The monoisotopic (exact) mass is 370 g/mol. The van der Waals surface area contributed by atoms with Crippen molar-refractivity contribution in [3.63, 3.8) is 0 Å². The highest BCUT2D eigenvalue weighted by Gasteiger charge is 2.29. The van der Waals surface area contributed by atoms with Gasteiger partial charge in [-0.1, -0.05) is 35.9 Å². The molecule has 0 saturated heterocycles. The standard InChI is InChI=1S/C20H22N2O3S/c1-13(2)21-19-20(26(23,24)16-11-9-14(3)10-12-16)22-18(25-19)17-8-6-5-7-15(17)4/h5-13,21H,1-4H3. The van der Waals surface area contributed by atoms with Crippen LogP contribution in [0.1, 0.15) is 25.0 Å². The summed E-state index contributed by atoms with van der Waals surface area (Å²) in [6.45, 7) is 7.67. The molecule has 0 spiro atoms. The Balaban J connectivity index is 2.16. The molecule has 0 aliphatic carbocycles. The van der Waals surface area contributed by atoms with Gasteiger partial charge in [0.2, 0.25) is 26.6 Å². The summed E-state index contributed by atoms with van der Waals surface area (Å²) in [5.74, 6) is 0.454. The minimum absolute atomic E-state index is 0.000335. The predicted molar refractivity (Wildman–Crippen MR) is 102 cm³/mol. The van der Waals surface area contributed by atoms with Gasteiger partial charge >= 0.3 is 0 Å². The summed E-state index contributed by atoms with van der Waals surface area (Å²) in [4.78, 5) is 4.54. The lowest BCUT2D eigenvalue weighted by Gasteiger charge is -2.08. The highest BCUT2D eigenvalue weighted by atomic mass is 32.2. The third-order valence-corrected chi connectivity index (χ3v) is 5.66. The molecule has 0 saturated carbocycles. The number of aryl methyl sites for hydroxylation is 2. The van der Waals surface area contributed by atoms with Crippen LogP contribution in [0.2, 0.25) is 0 Å². The molecule has 0 amide bonds. The van der Waals surface area contributed by atoms with Gasteiger partial charge < -0.3 is 9.73 Å². The van der Waals surface area contributed by atoms with Crippen molar-refractivity contribution in [1.82, 2.24) is 4.98 Å². The fraction of sp³-hybridized carbons (Fsp3) is 0.250. The van der Waals surface area contributed by atoms with Crippen LogP contribution >= 0.6 is 0 Å². The van der Waals surface area contributed by atoms with Crippen molar-refractivity contribution in [2.75, 3.05) is 5.32 Å². The van der Waals surface area contributed by atoms with Crippen molar-refractivity contribution in [3.8, 4) is 11.5 Å². The first-order chi connectivity index (χ1) is 12.3. The van der Waals surface area contributed by atoms with E-state index in [9.17, 15) is 8.42 Å². The Bertz CT molecular complexity index is 1020. The van der Waals surface area contributed by atoms with Gasteiger partial charge in [0, 0.05) is 11.6 Å². The van der Waals surface area contributed by atoms with Gasteiger partial charge in [-0.25, -0.2) is 8.42 Å². The van der Waals surface area contributed by atoms with E-state index in [1.54, 1.807) is 24.3 Å². The Kier molecular flexibility index (Phi) is 4.87. The fourth-order valence-corrected chi connectivity index (χ4v) is 3.86. The van der Waals surface area contributed by atoms with Crippen molar-refractivity contribution in [1.29, 1.82) is 0 Å².